The average Bonchev–Trinajstić information content (AvgIpc) is 2.74. The van der Waals surface area contributed by atoms with Gasteiger partial charge >= 0.3 is 0 Å². The van der Waals surface area contributed by atoms with Crippen molar-refractivity contribution in [2.24, 2.45) is 11.8 Å². The van der Waals surface area contributed by atoms with Gasteiger partial charge in [-0.25, -0.2) is 0 Å². The number of phenols is 1. The number of phenolic OH excluding ortho intramolecular Hbond substituents is 1. The molecule has 0 heterocycles. The van der Waals surface area contributed by atoms with E-state index in [1.54, 1.807) is 40.9 Å². The zero-order valence-electron chi connectivity index (χ0n) is 22.2. The molecule has 0 aliphatic heterocycles. The van der Waals surface area contributed by atoms with Crippen LogP contribution in [0, 0.1) is 11.8 Å². The topological polar surface area (TPSA) is 151 Å². The number of hydrogen-bond acceptors (Lipinski definition) is 9. The van der Waals surface area contributed by atoms with E-state index in [2.05, 4.69) is 5.32 Å². The summed E-state index contributed by atoms with van der Waals surface area (Å²) in [5.41, 5.74) is -2.69. The van der Waals surface area contributed by atoms with Gasteiger partial charge in [0.05, 0.1) is 11.6 Å². The Morgan fingerprint density at radius 2 is 1.70 bits per heavy atom. The lowest BCUT2D eigenvalue weighted by Crippen LogP contribution is -2.66. The summed E-state index contributed by atoms with van der Waals surface area (Å²) in [7, 11) is 6.86. The summed E-state index contributed by atoms with van der Waals surface area (Å²) in [6.45, 7) is 5.09. The highest BCUT2D eigenvalue weighted by atomic mass is 16.3. The lowest BCUT2D eigenvalue weighted by Gasteiger charge is -2.50. The van der Waals surface area contributed by atoms with Gasteiger partial charge in [-0.1, -0.05) is 0 Å². The number of hydrogen-bond donors (Lipinski definition) is 5. The molecule has 1 aromatic carbocycles. The van der Waals surface area contributed by atoms with Gasteiger partial charge in [0.15, 0.2) is 11.4 Å². The molecule has 1 fully saturated rings. The van der Waals surface area contributed by atoms with Crippen molar-refractivity contribution in [2.75, 3.05) is 33.1 Å². The van der Waals surface area contributed by atoms with Gasteiger partial charge in [-0.2, -0.15) is 0 Å². The lowest BCUT2D eigenvalue weighted by molar-refractivity contribution is -0.153. The Balaban J connectivity index is 1.96. The molecular formula is C27H35N3O7. The van der Waals surface area contributed by atoms with Crippen LogP contribution in [-0.2, 0) is 20.8 Å². The molecule has 4 rings (SSSR count). The Kier molecular flexibility index (Phi) is 6.20. The molecule has 0 aromatic heterocycles. The van der Waals surface area contributed by atoms with Crippen LogP contribution in [0.15, 0.2) is 29.0 Å². The second kappa shape index (κ2) is 8.59. The van der Waals surface area contributed by atoms with Crippen molar-refractivity contribution in [3.63, 3.8) is 0 Å². The van der Waals surface area contributed by atoms with Crippen LogP contribution in [0.1, 0.15) is 38.3 Å². The molecule has 0 unspecified atom stereocenters. The van der Waals surface area contributed by atoms with E-state index in [0.29, 0.717) is 5.56 Å². The first-order valence-electron chi connectivity index (χ1n) is 12.2. The number of fused-ring (bicyclic) bond motifs is 3. The quantitative estimate of drug-likeness (QED) is 0.379. The number of nitrogens with zero attached hydrogens (tertiary/aromatic N) is 2. The van der Waals surface area contributed by atoms with Crippen molar-refractivity contribution < 1.29 is 34.8 Å². The summed E-state index contributed by atoms with van der Waals surface area (Å²) in [4.78, 5) is 44.0. The SMILES string of the molecule is CN(C)c1ccc(O)c2c1C[C@H]1C[C@H]3[C@H](N(C)C)C(=O)C(C(=O)NC(C)(C)C)=C(O)[C@]3(O)C(=O)C1=C2O. The zero-order valence-corrected chi connectivity index (χ0v) is 22.2. The first-order chi connectivity index (χ1) is 17.0. The number of aliphatic hydroxyl groups is 3. The number of ketones is 2. The molecule has 200 valence electrons. The summed E-state index contributed by atoms with van der Waals surface area (Å²) in [5.74, 6) is -5.93. The van der Waals surface area contributed by atoms with Crippen LogP contribution in [0.25, 0.3) is 5.76 Å². The van der Waals surface area contributed by atoms with E-state index in [9.17, 15) is 34.8 Å². The summed E-state index contributed by atoms with van der Waals surface area (Å²) >= 11 is 0. The third-order valence-corrected chi connectivity index (χ3v) is 7.53. The fourth-order valence-corrected chi connectivity index (χ4v) is 6.03. The molecule has 5 N–H and O–H groups in total. The second-order valence-corrected chi connectivity index (χ2v) is 11.7. The minimum Gasteiger partial charge on any atom is -0.508 e. The van der Waals surface area contributed by atoms with Crippen LogP contribution < -0.4 is 10.2 Å². The molecular weight excluding hydrogens is 478 g/mol. The minimum absolute atomic E-state index is 0.0798. The standard InChI is InChI=1S/C27H35N3O7/c1-26(2,3)28-25(36)19-22(33)20(30(6)7)14-11-12-10-13-15(29(4)5)8-9-16(31)18(13)21(32)17(12)23(34)27(14,37)24(19)35/h8-9,12,14,20,31-32,35,37H,10-11H2,1-7H3,(H,28,36)/t12-,14-,20-,27+/m0/s1. The Hall–Kier alpha value is -3.37. The number of aromatic hydroxyl groups is 1. The Morgan fingerprint density at radius 1 is 1.08 bits per heavy atom. The van der Waals surface area contributed by atoms with Crippen molar-refractivity contribution in [2.45, 2.75) is 50.8 Å². The molecule has 1 amide bonds. The largest absolute Gasteiger partial charge is 0.508 e. The molecule has 0 bridgehead atoms. The van der Waals surface area contributed by atoms with Gasteiger partial charge in [0.2, 0.25) is 5.78 Å². The number of carbonyl (C=O) groups excluding carboxylic acids is 3. The minimum atomic E-state index is -2.61. The van der Waals surface area contributed by atoms with Gasteiger partial charge in [0.1, 0.15) is 22.8 Å². The highest BCUT2D eigenvalue weighted by Crippen LogP contribution is 2.53. The molecule has 3 aliphatic rings. The van der Waals surface area contributed by atoms with E-state index in [4.69, 9.17) is 0 Å². The Bertz CT molecular complexity index is 1270. The number of anilines is 1. The van der Waals surface area contributed by atoms with Gasteiger partial charge in [-0.15, -0.1) is 0 Å². The van der Waals surface area contributed by atoms with Crippen molar-refractivity contribution >= 4 is 28.9 Å². The summed E-state index contributed by atoms with van der Waals surface area (Å²) in [6.07, 6.45) is 0.349. The molecule has 37 heavy (non-hydrogen) atoms. The summed E-state index contributed by atoms with van der Waals surface area (Å²) in [6, 6.07) is 2.06. The fraction of sp³-hybridized carbons (Fsp3) is 0.519. The molecule has 3 aliphatic carbocycles. The molecule has 1 saturated carbocycles. The fourth-order valence-electron chi connectivity index (χ4n) is 6.03. The van der Waals surface area contributed by atoms with Gasteiger partial charge in [-0.3, -0.25) is 19.3 Å². The van der Waals surface area contributed by atoms with Crippen LogP contribution in [0.2, 0.25) is 0 Å². The summed E-state index contributed by atoms with van der Waals surface area (Å²) in [5, 5.41) is 47.6. The van der Waals surface area contributed by atoms with E-state index in [1.165, 1.54) is 11.0 Å². The number of amides is 1. The van der Waals surface area contributed by atoms with E-state index in [0.717, 1.165) is 5.69 Å². The van der Waals surface area contributed by atoms with Crippen molar-refractivity contribution in [1.29, 1.82) is 0 Å². The molecule has 0 spiro atoms. The maximum Gasteiger partial charge on any atom is 0.258 e. The average molecular weight is 514 g/mol. The van der Waals surface area contributed by atoms with Gasteiger partial charge in [0.25, 0.3) is 5.91 Å². The second-order valence-electron chi connectivity index (χ2n) is 11.7. The van der Waals surface area contributed by atoms with E-state index in [-0.39, 0.29) is 29.7 Å². The Labute approximate surface area is 215 Å². The number of likely N-dealkylation sites (N-methyl/N-ethyl adjacent to an activating group) is 1. The van der Waals surface area contributed by atoms with Crippen LogP contribution in [0.4, 0.5) is 5.69 Å². The van der Waals surface area contributed by atoms with Gasteiger partial charge < -0.3 is 30.6 Å². The first-order valence-corrected chi connectivity index (χ1v) is 12.2. The Morgan fingerprint density at radius 3 is 2.24 bits per heavy atom. The maximum atomic E-state index is 14.0. The van der Waals surface area contributed by atoms with E-state index >= 15 is 0 Å². The van der Waals surface area contributed by atoms with Crippen molar-refractivity contribution in [3.8, 4) is 5.75 Å². The number of nitrogens with one attached hydrogen (secondary N) is 1. The normalized spacial score (nSPS) is 27.6. The first kappa shape index (κ1) is 26.7. The van der Waals surface area contributed by atoms with Gasteiger partial charge in [0, 0.05) is 36.8 Å². The van der Waals surface area contributed by atoms with E-state index in [1.807, 2.05) is 19.0 Å². The molecule has 10 nitrogen and oxygen atoms in total. The van der Waals surface area contributed by atoms with Crippen molar-refractivity contribution in [3.05, 3.63) is 40.2 Å². The number of rotatable bonds is 3. The number of benzene rings is 1. The molecule has 0 radical (unpaired) electrons. The smallest absolute Gasteiger partial charge is 0.258 e. The molecule has 1 aromatic rings. The van der Waals surface area contributed by atoms with Gasteiger partial charge in [-0.05, 0) is 71.3 Å². The van der Waals surface area contributed by atoms with Crippen LogP contribution >= 0.6 is 0 Å². The molecule has 0 saturated heterocycles. The van der Waals surface area contributed by atoms with Crippen LogP contribution in [-0.4, -0.2) is 88.2 Å². The maximum absolute atomic E-state index is 14.0. The summed E-state index contributed by atoms with van der Waals surface area (Å²) < 4.78 is 0. The zero-order chi connectivity index (χ0) is 27.8. The highest BCUT2D eigenvalue weighted by molar-refractivity contribution is 6.25. The molecule has 10 heteroatoms. The number of carbonyl (C=O) groups is 3. The predicted octanol–water partition coefficient (Wildman–Crippen LogP) is 1.46. The number of Topliss-reactive ketones (excluding diaryl/α,β-unsaturated/α-hetero) is 2. The monoisotopic (exact) mass is 513 g/mol. The van der Waals surface area contributed by atoms with Crippen molar-refractivity contribution in [1.82, 2.24) is 10.2 Å². The van der Waals surface area contributed by atoms with E-state index < -0.39 is 63.6 Å². The third kappa shape index (κ3) is 3.90. The predicted molar refractivity (Wildman–Crippen MR) is 137 cm³/mol. The lowest BCUT2D eigenvalue weighted by atomic mass is 9.57. The molecule has 4 atom stereocenters. The number of aliphatic hydroxyl groups excluding tert-OH is 2. The van der Waals surface area contributed by atoms with Crippen LogP contribution in [0.5, 0.6) is 5.75 Å². The highest BCUT2D eigenvalue weighted by Gasteiger charge is 2.64. The van der Waals surface area contributed by atoms with Crippen LogP contribution in [0.3, 0.4) is 0 Å². The third-order valence-electron chi connectivity index (χ3n) is 7.53.